The first-order valence-corrected chi connectivity index (χ1v) is 7.76. The SMILES string of the molecule is Cc1cccc(OCCCC(=O)N2CC(O)(C3CC3)C2)c1. The third kappa shape index (κ3) is 3.38. The van der Waals surface area contributed by atoms with Crippen molar-refractivity contribution in [1.82, 2.24) is 4.90 Å². The van der Waals surface area contributed by atoms with Gasteiger partial charge in [-0.2, -0.15) is 0 Å². The second-order valence-electron chi connectivity index (χ2n) is 6.40. The summed E-state index contributed by atoms with van der Waals surface area (Å²) in [5.74, 6) is 1.42. The number of amides is 1. The Hall–Kier alpha value is -1.55. The van der Waals surface area contributed by atoms with Crippen LogP contribution in [0, 0.1) is 12.8 Å². The zero-order valence-corrected chi connectivity index (χ0v) is 12.5. The van der Waals surface area contributed by atoms with Gasteiger partial charge in [0.1, 0.15) is 11.4 Å². The molecule has 1 saturated heterocycles. The van der Waals surface area contributed by atoms with E-state index in [4.69, 9.17) is 4.74 Å². The smallest absolute Gasteiger partial charge is 0.222 e. The van der Waals surface area contributed by atoms with E-state index in [0.29, 0.717) is 38.5 Å². The Morgan fingerprint density at radius 1 is 1.43 bits per heavy atom. The van der Waals surface area contributed by atoms with Crippen LogP contribution in [0.1, 0.15) is 31.2 Å². The molecule has 1 heterocycles. The van der Waals surface area contributed by atoms with Gasteiger partial charge in [-0.15, -0.1) is 0 Å². The second-order valence-corrected chi connectivity index (χ2v) is 6.40. The average molecular weight is 289 g/mol. The molecule has 0 aromatic heterocycles. The zero-order chi connectivity index (χ0) is 14.9. The van der Waals surface area contributed by atoms with Crippen molar-refractivity contribution in [3.63, 3.8) is 0 Å². The van der Waals surface area contributed by atoms with Crippen LogP contribution in [0.4, 0.5) is 0 Å². The van der Waals surface area contributed by atoms with E-state index in [0.717, 1.165) is 18.6 Å². The van der Waals surface area contributed by atoms with Crippen molar-refractivity contribution in [1.29, 1.82) is 0 Å². The Labute approximate surface area is 125 Å². The van der Waals surface area contributed by atoms with Crippen LogP contribution in [-0.2, 0) is 4.79 Å². The van der Waals surface area contributed by atoms with Crippen LogP contribution in [0.3, 0.4) is 0 Å². The Bertz CT molecular complexity index is 519. The molecule has 21 heavy (non-hydrogen) atoms. The van der Waals surface area contributed by atoms with E-state index in [1.54, 1.807) is 4.90 Å². The molecule has 0 bridgehead atoms. The number of carbonyl (C=O) groups excluding carboxylic acids is 1. The summed E-state index contributed by atoms with van der Waals surface area (Å²) in [6, 6.07) is 7.92. The summed E-state index contributed by atoms with van der Waals surface area (Å²) in [7, 11) is 0. The fourth-order valence-corrected chi connectivity index (χ4v) is 2.95. The molecule has 4 nitrogen and oxygen atoms in total. The largest absolute Gasteiger partial charge is 0.494 e. The van der Waals surface area contributed by atoms with Gasteiger partial charge in [0.05, 0.1) is 19.7 Å². The van der Waals surface area contributed by atoms with E-state index in [-0.39, 0.29) is 5.91 Å². The lowest BCUT2D eigenvalue weighted by Crippen LogP contribution is -2.64. The normalized spacial score (nSPS) is 20.0. The van der Waals surface area contributed by atoms with Crippen molar-refractivity contribution < 1.29 is 14.6 Å². The summed E-state index contributed by atoms with van der Waals surface area (Å²) < 4.78 is 5.64. The highest BCUT2D eigenvalue weighted by Gasteiger charge is 2.52. The molecule has 1 aromatic carbocycles. The highest BCUT2D eigenvalue weighted by molar-refractivity contribution is 5.77. The number of nitrogens with zero attached hydrogens (tertiary/aromatic N) is 1. The van der Waals surface area contributed by atoms with Crippen molar-refractivity contribution in [2.45, 2.75) is 38.2 Å². The van der Waals surface area contributed by atoms with Crippen LogP contribution < -0.4 is 4.74 Å². The maximum atomic E-state index is 12.0. The summed E-state index contributed by atoms with van der Waals surface area (Å²) in [5.41, 5.74) is 0.594. The minimum atomic E-state index is -0.576. The predicted octanol–water partition coefficient (Wildman–Crippen LogP) is 2.14. The summed E-state index contributed by atoms with van der Waals surface area (Å²) in [4.78, 5) is 13.7. The number of hydrogen-bond donors (Lipinski definition) is 1. The fraction of sp³-hybridized carbons (Fsp3) is 0.588. The quantitative estimate of drug-likeness (QED) is 0.816. The van der Waals surface area contributed by atoms with E-state index < -0.39 is 5.60 Å². The van der Waals surface area contributed by atoms with Gasteiger partial charge >= 0.3 is 0 Å². The van der Waals surface area contributed by atoms with Crippen LogP contribution in [0.25, 0.3) is 0 Å². The Balaban J connectivity index is 1.33. The molecule has 114 valence electrons. The summed E-state index contributed by atoms with van der Waals surface area (Å²) in [5, 5.41) is 10.2. The first-order chi connectivity index (χ1) is 10.1. The van der Waals surface area contributed by atoms with Gasteiger partial charge in [-0.05, 0) is 49.8 Å². The molecule has 0 unspecified atom stereocenters. The number of carbonyl (C=O) groups is 1. The van der Waals surface area contributed by atoms with Gasteiger partial charge in [-0.1, -0.05) is 12.1 Å². The molecule has 2 fully saturated rings. The van der Waals surface area contributed by atoms with Gasteiger partial charge in [0, 0.05) is 6.42 Å². The van der Waals surface area contributed by atoms with Crippen molar-refractivity contribution in [2.24, 2.45) is 5.92 Å². The molecule has 0 radical (unpaired) electrons. The summed E-state index contributed by atoms with van der Waals surface area (Å²) in [6.07, 6.45) is 3.43. The van der Waals surface area contributed by atoms with E-state index in [2.05, 4.69) is 0 Å². The number of hydrogen-bond acceptors (Lipinski definition) is 3. The van der Waals surface area contributed by atoms with Crippen LogP contribution in [-0.4, -0.2) is 41.2 Å². The van der Waals surface area contributed by atoms with Gasteiger partial charge < -0.3 is 14.7 Å². The lowest BCUT2D eigenvalue weighted by Gasteiger charge is -2.47. The molecular formula is C17H23NO3. The second kappa shape index (κ2) is 5.68. The van der Waals surface area contributed by atoms with Crippen LogP contribution in [0.2, 0.25) is 0 Å². The van der Waals surface area contributed by atoms with Gasteiger partial charge in [0.2, 0.25) is 5.91 Å². The number of rotatable bonds is 6. The molecule has 3 rings (SSSR count). The number of aliphatic hydroxyl groups is 1. The molecular weight excluding hydrogens is 266 g/mol. The van der Waals surface area contributed by atoms with Crippen LogP contribution in [0.5, 0.6) is 5.75 Å². The number of likely N-dealkylation sites (tertiary alicyclic amines) is 1. The van der Waals surface area contributed by atoms with Gasteiger partial charge in [-0.25, -0.2) is 0 Å². The van der Waals surface area contributed by atoms with Crippen molar-refractivity contribution in [3.8, 4) is 5.75 Å². The summed E-state index contributed by atoms with van der Waals surface area (Å²) >= 11 is 0. The van der Waals surface area contributed by atoms with Crippen molar-refractivity contribution in [3.05, 3.63) is 29.8 Å². The van der Waals surface area contributed by atoms with Crippen molar-refractivity contribution >= 4 is 5.91 Å². The maximum Gasteiger partial charge on any atom is 0.222 e. The Morgan fingerprint density at radius 2 is 2.19 bits per heavy atom. The first-order valence-electron chi connectivity index (χ1n) is 7.76. The molecule has 0 spiro atoms. The van der Waals surface area contributed by atoms with E-state index in [1.807, 2.05) is 31.2 Å². The minimum absolute atomic E-state index is 0.133. The number of aryl methyl sites for hydroxylation is 1. The monoisotopic (exact) mass is 289 g/mol. The maximum absolute atomic E-state index is 12.0. The molecule has 1 N–H and O–H groups in total. The average Bonchev–Trinajstić information content (AvgIpc) is 3.24. The highest BCUT2D eigenvalue weighted by atomic mass is 16.5. The first kappa shape index (κ1) is 14.4. The number of β-amino-alcohol motifs (C(OH)–C–C–N with tert-alkyl or cyclic N) is 1. The third-order valence-corrected chi connectivity index (χ3v) is 4.41. The van der Waals surface area contributed by atoms with Crippen LogP contribution in [0.15, 0.2) is 24.3 Å². The molecule has 1 saturated carbocycles. The molecule has 2 aliphatic rings. The Morgan fingerprint density at radius 3 is 2.86 bits per heavy atom. The van der Waals surface area contributed by atoms with E-state index in [9.17, 15) is 9.90 Å². The summed E-state index contributed by atoms with van der Waals surface area (Å²) in [6.45, 7) is 3.63. The van der Waals surface area contributed by atoms with Gasteiger partial charge in [-0.3, -0.25) is 4.79 Å². The lowest BCUT2D eigenvalue weighted by molar-refractivity contribution is -0.159. The van der Waals surface area contributed by atoms with Crippen molar-refractivity contribution in [2.75, 3.05) is 19.7 Å². The Kier molecular flexibility index (Phi) is 3.89. The fourth-order valence-electron chi connectivity index (χ4n) is 2.95. The lowest BCUT2D eigenvalue weighted by atomic mass is 9.88. The molecule has 1 amide bonds. The van der Waals surface area contributed by atoms with E-state index >= 15 is 0 Å². The number of benzene rings is 1. The standard InChI is InChI=1S/C17H23NO3/c1-13-4-2-5-15(10-13)21-9-3-6-16(19)18-11-17(20,12-18)14-7-8-14/h2,4-5,10,14,20H,3,6-9,11-12H2,1H3. The van der Waals surface area contributed by atoms with Gasteiger partial charge in [0.15, 0.2) is 0 Å². The third-order valence-electron chi connectivity index (χ3n) is 4.41. The van der Waals surface area contributed by atoms with E-state index in [1.165, 1.54) is 5.56 Å². The van der Waals surface area contributed by atoms with Gasteiger partial charge in [0.25, 0.3) is 0 Å². The number of ether oxygens (including phenoxy) is 1. The minimum Gasteiger partial charge on any atom is -0.494 e. The topological polar surface area (TPSA) is 49.8 Å². The highest BCUT2D eigenvalue weighted by Crippen LogP contribution is 2.44. The molecule has 1 aliphatic heterocycles. The molecule has 4 heteroatoms. The molecule has 1 aromatic rings. The molecule has 0 atom stereocenters. The van der Waals surface area contributed by atoms with Crippen LogP contribution >= 0.6 is 0 Å². The predicted molar refractivity (Wildman–Crippen MR) is 80.2 cm³/mol. The zero-order valence-electron chi connectivity index (χ0n) is 12.5. The molecule has 1 aliphatic carbocycles.